The fourth-order valence-corrected chi connectivity index (χ4v) is 4.74. The van der Waals surface area contributed by atoms with Crippen molar-refractivity contribution < 1.29 is 19.1 Å². The first-order valence-corrected chi connectivity index (χ1v) is 12.2. The van der Waals surface area contributed by atoms with E-state index in [9.17, 15) is 14.4 Å². The molecule has 2 aliphatic rings. The Labute approximate surface area is 208 Å². The van der Waals surface area contributed by atoms with Crippen molar-refractivity contribution in [1.29, 1.82) is 0 Å². The van der Waals surface area contributed by atoms with Crippen molar-refractivity contribution in [3.05, 3.63) is 64.1 Å². The van der Waals surface area contributed by atoms with Crippen LogP contribution in [0.5, 0.6) is 5.75 Å². The molecule has 2 heterocycles. The summed E-state index contributed by atoms with van der Waals surface area (Å²) >= 11 is 11.8. The molecule has 2 atom stereocenters. The largest absolute Gasteiger partial charge is 0.486 e. The van der Waals surface area contributed by atoms with E-state index in [4.69, 9.17) is 27.9 Å². The van der Waals surface area contributed by atoms with Crippen molar-refractivity contribution in [2.24, 2.45) is 0 Å². The lowest BCUT2D eigenvalue weighted by Gasteiger charge is -2.31. The van der Waals surface area contributed by atoms with Gasteiger partial charge in [0, 0.05) is 29.7 Å². The number of Topliss-reactive ketones (excluding diaryl/α,β-unsaturated/α-hetero) is 1. The van der Waals surface area contributed by atoms with Crippen LogP contribution >= 0.6 is 23.2 Å². The predicted octanol–water partition coefficient (Wildman–Crippen LogP) is 4.31. The maximum Gasteiger partial charge on any atom is 0.318 e. The monoisotopic (exact) mass is 503 g/mol. The van der Waals surface area contributed by atoms with Crippen molar-refractivity contribution in [1.82, 2.24) is 15.1 Å². The first kappa shape index (κ1) is 24.4. The van der Waals surface area contributed by atoms with Crippen molar-refractivity contribution in [3.63, 3.8) is 0 Å². The molecule has 0 unspecified atom stereocenters. The molecule has 0 radical (unpaired) electrons. The van der Waals surface area contributed by atoms with Gasteiger partial charge >= 0.3 is 6.03 Å². The predicted molar refractivity (Wildman–Crippen MR) is 130 cm³/mol. The molecule has 3 amide bonds. The van der Waals surface area contributed by atoms with E-state index in [1.807, 2.05) is 12.1 Å². The molecule has 0 aromatic heterocycles. The summed E-state index contributed by atoms with van der Waals surface area (Å²) in [7, 11) is 0. The number of carbonyl (C=O) groups excluding carboxylic acids is 3. The van der Waals surface area contributed by atoms with E-state index < -0.39 is 12.1 Å². The van der Waals surface area contributed by atoms with Crippen molar-refractivity contribution in [3.8, 4) is 5.75 Å². The highest BCUT2D eigenvalue weighted by atomic mass is 35.5. The van der Waals surface area contributed by atoms with Gasteiger partial charge in [-0.2, -0.15) is 0 Å². The molecular weight excluding hydrogens is 477 g/mol. The maximum absolute atomic E-state index is 13.4. The van der Waals surface area contributed by atoms with Crippen LogP contribution in [-0.2, 0) is 16.1 Å². The van der Waals surface area contributed by atoms with Crippen LogP contribution in [-0.4, -0.2) is 59.3 Å². The molecule has 1 N–H and O–H groups in total. The molecule has 2 aliphatic heterocycles. The zero-order chi connectivity index (χ0) is 24.1. The Morgan fingerprint density at radius 2 is 1.44 bits per heavy atom. The second-order valence-electron chi connectivity index (χ2n) is 8.54. The lowest BCUT2D eigenvalue weighted by Crippen LogP contribution is -2.53. The molecule has 0 aliphatic carbocycles. The van der Waals surface area contributed by atoms with Crippen LogP contribution in [0, 0.1) is 0 Å². The number of rotatable bonds is 7. The highest BCUT2D eigenvalue weighted by Gasteiger charge is 2.42. The lowest BCUT2D eigenvalue weighted by molar-refractivity contribution is -0.141. The van der Waals surface area contributed by atoms with E-state index in [-0.39, 0.29) is 24.3 Å². The summed E-state index contributed by atoms with van der Waals surface area (Å²) in [6.07, 6.45) is 2.69. The Morgan fingerprint density at radius 3 is 2.12 bits per heavy atom. The number of hydrogen-bond acceptors (Lipinski definition) is 4. The Bertz CT molecular complexity index is 948. The number of likely N-dealkylation sites (tertiary alicyclic amines) is 2. The molecule has 4 rings (SSSR count). The molecule has 0 bridgehead atoms. The van der Waals surface area contributed by atoms with Gasteiger partial charge in [-0.3, -0.25) is 9.59 Å². The van der Waals surface area contributed by atoms with Gasteiger partial charge in [0.2, 0.25) is 5.91 Å². The first-order valence-electron chi connectivity index (χ1n) is 11.4. The van der Waals surface area contributed by atoms with Gasteiger partial charge in [0.05, 0.1) is 6.04 Å². The average Bonchev–Trinajstić information content (AvgIpc) is 3.53. The number of carbonyl (C=O) groups is 3. The normalized spacial score (nSPS) is 19.8. The molecule has 180 valence electrons. The van der Waals surface area contributed by atoms with E-state index in [1.54, 1.807) is 46.2 Å². The smallest absolute Gasteiger partial charge is 0.318 e. The summed E-state index contributed by atoms with van der Waals surface area (Å²) in [6, 6.07) is 12.7. The standard InChI is InChI=1S/C25H27Cl2N3O4/c26-18-7-5-17(6-8-18)15-28-25(33)30-14-2-4-22(30)24(32)29-13-1-3-21(29)23(31)16-34-20-11-9-19(27)10-12-20/h5-12,21-22H,1-4,13-16H2,(H,28,33)/t21-,22+/m0/s1. The van der Waals surface area contributed by atoms with E-state index in [0.717, 1.165) is 18.4 Å². The van der Waals surface area contributed by atoms with Gasteiger partial charge < -0.3 is 19.9 Å². The number of nitrogens with zero attached hydrogens (tertiary/aromatic N) is 2. The van der Waals surface area contributed by atoms with Gasteiger partial charge in [-0.25, -0.2) is 4.79 Å². The molecule has 2 aromatic rings. The van der Waals surface area contributed by atoms with Gasteiger partial charge in [-0.1, -0.05) is 35.3 Å². The van der Waals surface area contributed by atoms with Crippen molar-refractivity contribution in [2.75, 3.05) is 19.7 Å². The third-order valence-electron chi connectivity index (χ3n) is 6.26. The number of ketones is 1. The van der Waals surface area contributed by atoms with Gasteiger partial charge in [0.1, 0.15) is 18.4 Å². The van der Waals surface area contributed by atoms with Crippen LogP contribution in [0.15, 0.2) is 48.5 Å². The average molecular weight is 504 g/mol. The minimum atomic E-state index is -0.559. The molecule has 2 aromatic carbocycles. The zero-order valence-electron chi connectivity index (χ0n) is 18.7. The fraction of sp³-hybridized carbons (Fsp3) is 0.400. The molecule has 2 fully saturated rings. The zero-order valence-corrected chi connectivity index (χ0v) is 20.2. The Kier molecular flexibility index (Phi) is 7.95. The number of nitrogens with one attached hydrogen (secondary N) is 1. The maximum atomic E-state index is 13.4. The van der Waals surface area contributed by atoms with Crippen LogP contribution in [0.2, 0.25) is 10.0 Å². The van der Waals surface area contributed by atoms with Crippen LogP contribution in [0.25, 0.3) is 0 Å². The van der Waals surface area contributed by atoms with Crippen molar-refractivity contribution in [2.45, 2.75) is 44.3 Å². The van der Waals surface area contributed by atoms with Gasteiger partial charge in [0.15, 0.2) is 5.78 Å². The van der Waals surface area contributed by atoms with Crippen LogP contribution in [0.3, 0.4) is 0 Å². The van der Waals surface area contributed by atoms with Gasteiger partial charge in [-0.05, 0) is 67.6 Å². The van der Waals surface area contributed by atoms with E-state index in [0.29, 0.717) is 48.3 Å². The SMILES string of the molecule is O=C(COc1ccc(Cl)cc1)[C@@H]1CCCN1C(=O)[C@H]1CCCN1C(=O)NCc1ccc(Cl)cc1. The minimum Gasteiger partial charge on any atom is -0.486 e. The summed E-state index contributed by atoms with van der Waals surface area (Å²) < 4.78 is 5.60. The Morgan fingerprint density at radius 1 is 0.853 bits per heavy atom. The molecule has 0 spiro atoms. The summed E-state index contributed by atoms with van der Waals surface area (Å²) in [5.74, 6) is 0.243. The molecule has 2 saturated heterocycles. The number of ether oxygens (including phenoxy) is 1. The summed E-state index contributed by atoms with van der Waals surface area (Å²) in [6.45, 7) is 1.24. The first-order chi connectivity index (χ1) is 16.4. The molecule has 0 saturated carbocycles. The van der Waals surface area contributed by atoms with Gasteiger partial charge in [0.25, 0.3) is 0 Å². The Balaban J connectivity index is 1.34. The lowest BCUT2D eigenvalue weighted by atomic mass is 10.1. The highest BCUT2D eigenvalue weighted by molar-refractivity contribution is 6.30. The van der Waals surface area contributed by atoms with Crippen LogP contribution < -0.4 is 10.1 Å². The second kappa shape index (κ2) is 11.1. The van der Waals surface area contributed by atoms with E-state index >= 15 is 0 Å². The van der Waals surface area contributed by atoms with Crippen LogP contribution in [0.1, 0.15) is 31.2 Å². The van der Waals surface area contributed by atoms with E-state index in [2.05, 4.69) is 5.32 Å². The fourth-order valence-electron chi connectivity index (χ4n) is 4.49. The number of urea groups is 1. The highest BCUT2D eigenvalue weighted by Crippen LogP contribution is 2.26. The number of benzene rings is 2. The number of amides is 3. The summed E-state index contributed by atoms with van der Waals surface area (Å²) in [4.78, 5) is 42.3. The molecule has 9 heteroatoms. The van der Waals surface area contributed by atoms with E-state index in [1.165, 1.54) is 0 Å². The molecular formula is C25H27Cl2N3O4. The van der Waals surface area contributed by atoms with Gasteiger partial charge in [-0.15, -0.1) is 0 Å². The number of halogens is 2. The number of hydrogen-bond donors (Lipinski definition) is 1. The second-order valence-corrected chi connectivity index (χ2v) is 9.41. The van der Waals surface area contributed by atoms with Crippen molar-refractivity contribution >= 4 is 40.9 Å². The summed E-state index contributed by atoms with van der Waals surface area (Å²) in [5, 5.41) is 4.11. The molecule has 34 heavy (non-hydrogen) atoms. The van der Waals surface area contributed by atoms with Crippen LogP contribution in [0.4, 0.5) is 4.79 Å². The Hall–Kier alpha value is -2.77. The third kappa shape index (κ3) is 5.83. The third-order valence-corrected chi connectivity index (χ3v) is 6.76. The quantitative estimate of drug-likeness (QED) is 0.610. The summed E-state index contributed by atoms with van der Waals surface area (Å²) in [5.41, 5.74) is 0.922. The topological polar surface area (TPSA) is 79.0 Å². The minimum absolute atomic E-state index is 0.119. The molecule has 7 nitrogen and oxygen atoms in total.